The monoisotopic (exact) mass is 266 g/mol. The van der Waals surface area contributed by atoms with Crippen molar-refractivity contribution in [1.82, 2.24) is 0 Å². The molecule has 5 heteroatoms. The Morgan fingerprint density at radius 3 is 3.00 bits per heavy atom. The van der Waals surface area contributed by atoms with E-state index in [0.29, 0.717) is 25.3 Å². The van der Waals surface area contributed by atoms with E-state index >= 15 is 0 Å². The Bertz CT molecular complexity index is 396. The minimum absolute atomic E-state index is 0.308. The highest BCUT2D eigenvalue weighted by Crippen LogP contribution is 2.10. The summed E-state index contributed by atoms with van der Waals surface area (Å²) in [4.78, 5) is 11.0. The number of amides is 1. The molecule has 0 saturated heterocycles. The molecule has 0 aromatic heterocycles. The van der Waals surface area contributed by atoms with Gasteiger partial charge in [-0.05, 0) is 24.6 Å². The Kier molecular flexibility index (Phi) is 6.92. The fraction of sp³-hybridized carbons (Fsp3) is 0.500. The van der Waals surface area contributed by atoms with Crippen molar-refractivity contribution < 1.29 is 14.6 Å². The number of ether oxygens (including phenoxy) is 1. The van der Waals surface area contributed by atoms with E-state index in [0.717, 1.165) is 18.5 Å². The number of aliphatic hydroxyl groups is 1. The van der Waals surface area contributed by atoms with Crippen LogP contribution in [-0.4, -0.2) is 36.9 Å². The molecule has 106 valence electrons. The first-order valence-electron chi connectivity index (χ1n) is 6.53. The molecule has 0 aliphatic heterocycles. The number of hydrogen-bond acceptors (Lipinski definition) is 4. The summed E-state index contributed by atoms with van der Waals surface area (Å²) in [5.41, 5.74) is 6.39. The summed E-state index contributed by atoms with van der Waals surface area (Å²) in [7, 11) is 0. The molecular weight excluding hydrogens is 244 g/mol. The molecule has 0 bridgehead atoms. The first kappa shape index (κ1) is 15.5. The van der Waals surface area contributed by atoms with Crippen LogP contribution >= 0.6 is 0 Å². The Morgan fingerprint density at radius 2 is 2.32 bits per heavy atom. The summed E-state index contributed by atoms with van der Waals surface area (Å²) in [5.74, 6) is -0.466. The Labute approximate surface area is 113 Å². The molecule has 1 aromatic carbocycles. The molecule has 0 heterocycles. The van der Waals surface area contributed by atoms with Crippen LogP contribution < -0.4 is 11.1 Å². The average molecular weight is 266 g/mol. The summed E-state index contributed by atoms with van der Waals surface area (Å²) in [6.45, 7) is 3.44. The molecule has 19 heavy (non-hydrogen) atoms. The van der Waals surface area contributed by atoms with Gasteiger partial charge >= 0.3 is 0 Å². The molecule has 1 aromatic rings. The molecule has 0 radical (unpaired) electrons. The molecule has 5 nitrogen and oxygen atoms in total. The lowest BCUT2D eigenvalue weighted by molar-refractivity contribution is 0.0422. The molecule has 1 atom stereocenters. The Balaban J connectivity index is 2.31. The predicted molar refractivity (Wildman–Crippen MR) is 75.2 cm³/mol. The molecule has 1 rings (SSSR count). The van der Waals surface area contributed by atoms with Crippen molar-refractivity contribution in [2.45, 2.75) is 25.9 Å². The van der Waals surface area contributed by atoms with Gasteiger partial charge in [-0.2, -0.15) is 0 Å². The highest BCUT2D eigenvalue weighted by molar-refractivity contribution is 5.93. The van der Waals surface area contributed by atoms with Crippen LogP contribution in [-0.2, 0) is 4.74 Å². The molecule has 0 fully saturated rings. The van der Waals surface area contributed by atoms with E-state index < -0.39 is 12.0 Å². The predicted octanol–water partition coefficient (Wildman–Crippen LogP) is 1.38. The minimum Gasteiger partial charge on any atom is -0.389 e. The lowest BCUT2D eigenvalue weighted by Gasteiger charge is -2.13. The van der Waals surface area contributed by atoms with Gasteiger partial charge in [0.05, 0.1) is 12.7 Å². The van der Waals surface area contributed by atoms with Gasteiger partial charge in [-0.15, -0.1) is 0 Å². The number of rotatable bonds is 9. The van der Waals surface area contributed by atoms with Crippen LogP contribution in [0.15, 0.2) is 24.3 Å². The van der Waals surface area contributed by atoms with Crippen LogP contribution in [0.5, 0.6) is 0 Å². The third-order valence-electron chi connectivity index (χ3n) is 2.64. The number of carbonyl (C=O) groups excluding carboxylic acids is 1. The second-order valence-electron chi connectivity index (χ2n) is 4.41. The number of hydrogen-bond donors (Lipinski definition) is 3. The van der Waals surface area contributed by atoms with E-state index in [1.54, 1.807) is 18.2 Å². The van der Waals surface area contributed by atoms with E-state index in [2.05, 4.69) is 12.2 Å². The first-order valence-corrected chi connectivity index (χ1v) is 6.53. The second-order valence-corrected chi connectivity index (χ2v) is 4.41. The summed E-state index contributed by atoms with van der Waals surface area (Å²) < 4.78 is 5.32. The van der Waals surface area contributed by atoms with Crippen LogP contribution in [0.3, 0.4) is 0 Å². The van der Waals surface area contributed by atoms with Crippen molar-refractivity contribution in [2.75, 3.05) is 25.1 Å². The standard InChI is InChI=1S/C14H22N2O3/c1-2-3-7-19-10-13(17)9-16-12-6-4-5-11(8-12)14(15)18/h4-6,8,13,16-17H,2-3,7,9-10H2,1H3,(H2,15,18). The number of nitrogens with one attached hydrogen (secondary N) is 1. The SMILES string of the molecule is CCCCOCC(O)CNc1cccc(C(N)=O)c1. The van der Waals surface area contributed by atoms with Crippen LogP contribution in [0.25, 0.3) is 0 Å². The van der Waals surface area contributed by atoms with E-state index in [1.807, 2.05) is 6.07 Å². The van der Waals surface area contributed by atoms with Crippen molar-refractivity contribution in [3.8, 4) is 0 Å². The van der Waals surface area contributed by atoms with Gasteiger partial charge in [-0.3, -0.25) is 4.79 Å². The number of primary amides is 1. The lowest BCUT2D eigenvalue weighted by Crippen LogP contribution is -2.25. The zero-order valence-corrected chi connectivity index (χ0v) is 11.3. The van der Waals surface area contributed by atoms with Crippen molar-refractivity contribution in [3.63, 3.8) is 0 Å². The summed E-state index contributed by atoms with van der Waals surface area (Å²) in [6.07, 6.45) is 1.50. The van der Waals surface area contributed by atoms with Gasteiger partial charge in [0.25, 0.3) is 0 Å². The molecule has 0 saturated carbocycles. The highest BCUT2D eigenvalue weighted by atomic mass is 16.5. The second kappa shape index (κ2) is 8.50. The zero-order valence-electron chi connectivity index (χ0n) is 11.3. The maximum atomic E-state index is 11.0. The van der Waals surface area contributed by atoms with Gasteiger partial charge in [-0.1, -0.05) is 19.4 Å². The maximum Gasteiger partial charge on any atom is 0.248 e. The van der Waals surface area contributed by atoms with Crippen LogP contribution in [0.4, 0.5) is 5.69 Å². The fourth-order valence-electron chi connectivity index (χ4n) is 1.54. The smallest absolute Gasteiger partial charge is 0.248 e. The highest BCUT2D eigenvalue weighted by Gasteiger charge is 2.05. The van der Waals surface area contributed by atoms with Gasteiger partial charge in [0.15, 0.2) is 0 Å². The van der Waals surface area contributed by atoms with Gasteiger partial charge in [0.1, 0.15) is 0 Å². The first-order chi connectivity index (χ1) is 9.13. The maximum absolute atomic E-state index is 11.0. The number of aliphatic hydroxyl groups excluding tert-OH is 1. The molecule has 0 aliphatic carbocycles. The number of unbranched alkanes of at least 4 members (excludes halogenated alkanes) is 1. The van der Waals surface area contributed by atoms with Crippen molar-refractivity contribution in [2.24, 2.45) is 5.73 Å². The molecule has 0 aliphatic rings. The van der Waals surface area contributed by atoms with E-state index in [-0.39, 0.29) is 0 Å². The Hall–Kier alpha value is -1.59. The third-order valence-corrected chi connectivity index (χ3v) is 2.64. The van der Waals surface area contributed by atoms with Gasteiger partial charge in [0, 0.05) is 24.4 Å². The molecular formula is C14H22N2O3. The van der Waals surface area contributed by atoms with Crippen LogP contribution in [0.1, 0.15) is 30.1 Å². The summed E-state index contributed by atoms with van der Waals surface area (Å²) in [5, 5.41) is 12.8. The number of nitrogens with two attached hydrogens (primary N) is 1. The zero-order chi connectivity index (χ0) is 14.1. The molecule has 1 amide bonds. The van der Waals surface area contributed by atoms with Gasteiger partial charge in [-0.25, -0.2) is 0 Å². The molecule has 0 spiro atoms. The van der Waals surface area contributed by atoms with E-state index in [4.69, 9.17) is 10.5 Å². The molecule has 1 unspecified atom stereocenters. The lowest BCUT2D eigenvalue weighted by atomic mass is 10.2. The third kappa shape index (κ3) is 6.22. The number of carbonyl (C=O) groups is 1. The van der Waals surface area contributed by atoms with Gasteiger partial charge < -0.3 is 20.9 Å². The van der Waals surface area contributed by atoms with Crippen molar-refractivity contribution in [1.29, 1.82) is 0 Å². The minimum atomic E-state index is -0.575. The quantitative estimate of drug-likeness (QED) is 0.589. The fourth-order valence-corrected chi connectivity index (χ4v) is 1.54. The average Bonchev–Trinajstić information content (AvgIpc) is 2.41. The number of benzene rings is 1. The van der Waals surface area contributed by atoms with E-state index in [1.165, 1.54) is 0 Å². The van der Waals surface area contributed by atoms with Crippen LogP contribution in [0.2, 0.25) is 0 Å². The largest absolute Gasteiger partial charge is 0.389 e. The molecule has 4 N–H and O–H groups in total. The van der Waals surface area contributed by atoms with Crippen LogP contribution in [0, 0.1) is 0 Å². The summed E-state index contributed by atoms with van der Waals surface area (Å²) in [6, 6.07) is 6.87. The number of anilines is 1. The van der Waals surface area contributed by atoms with Crippen molar-refractivity contribution >= 4 is 11.6 Å². The normalized spacial score (nSPS) is 12.1. The topological polar surface area (TPSA) is 84.6 Å². The Morgan fingerprint density at radius 1 is 1.53 bits per heavy atom. The van der Waals surface area contributed by atoms with Crippen molar-refractivity contribution in [3.05, 3.63) is 29.8 Å². The summed E-state index contributed by atoms with van der Waals surface area (Å²) >= 11 is 0. The van der Waals surface area contributed by atoms with E-state index in [9.17, 15) is 9.90 Å². The van der Waals surface area contributed by atoms with Gasteiger partial charge in [0.2, 0.25) is 5.91 Å².